The highest BCUT2D eigenvalue weighted by Gasteiger charge is 2.49. The molecule has 0 aliphatic rings. The van der Waals surface area contributed by atoms with Crippen LogP contribution in [0, 0.1) is 6.92 Å². The van der Waals surface area contributed by atoms with Crippen molar-refractivity contribution in [3.63, 3.8) is 0 Å². The summed E-state index contributed by atoms with van der Waals surface area (Å²) in [7, 11) is 5.39. The molecule has 0 atom stereocenters. The van der Waals surface area contributed by atoms with Crippen LogP contribution in [0.25, 0.3) is 0 Å². The molecule has 1 aromatic carbocycles. The van der Waals surface area contributed by atoms with Crippen molar-refractivity contribution in [1.82, 2.24) is 0 Å². The standard InChI is InChI=1S/C15H20O6/c1-9-10(18-3)7-8-11(19-4)12(9)15(2,13(16)20-5)14(17)21-6/h7-8H,1-6H3. The molecule has 0 N–H and O–H groups in total. The average Bonchev–Trinajstić information content (AvgIpc) is 2.51. The highest BCUT2D eigenvalue weighted by Crippen LogP contribution is 2.40. The minimum absolute atomic E-state index is 0.364. The molecule has 21 heavy (non-hydrogen) atoms. The maximum absolute atomic E-state index is 12.2. The van der Waals surface area contributed by atoms with E-state index in [9.17, 15) is 9.59 Å². The van der Waals surface area contributed by atoms with Crippen molar-refractivity contribution in [3.8, 4) is 11.5 Å². The van der Waals surface area contributed by atoms with Crippen LogP contribution in [-0.4, -0.2) is 40.4 Å². The minimum Gasteiger partial charge on any atom is -0.496 e. The molecule has 1 rings (SSSR count). The second kappa shape index (κ2) is 6.47. The van der Waals surface area contributed by atoms with E-state index in [1.165, 1.54) is 35.4 Å². The van der Waals surface area contributed by atoms with Crippen molar-refractivity contribution >= 4 is 11.9 Å². The molecule has 0 aromatic heterocycles. The van der Waals surface area contributed by atoms with Gasteiger partial charge in [0.2, 0.25) is 0 Å². The fourth-order valence-electron chi connectivity index (χ4n) is 2.38. The molecule has 1 aromatic rings. The highest BCUT2D eigenvalue weighted by atomic mass is 16.5. The minimum atomic E-state index is -1.65. The molecule has 0 radical (unpaired) electrons. The molecular weight excluding hydrogens is 276 g/mol. The fraction of sp³-hybridized carbons (Fsp3) is 0.467. The normalized spacial score (nSPS) is 10.8. The number of ether oxygens (including phenoxy) is 4. The van der Waals surface area contributed by atoms with Gasteiger partial charge in [-0.15, -0.1) is 0 Å². The lowest BCUT2D eigenvalue weighted by molar-refractivity contribution is -0.161. The van der Waals surface area contributed by atoms with Crippen molar-refractivity contribution < 1.29 is 28.5 Å². The van der Waals surface area contributed by atoms with Gasteiger partial charge in [0.1, 0.15) is 11.5 Å². The Hall–Kier alpha value is -2.24. The van der Waals surface area contributed by atoms with Crippen LogP contribution >= 0.6 is 0 Å². The second-order valence-electron chi connectivity index (χ2n) is 4.58. The van der Waals surface area contributed by atoms with E-state index in [1.54, 1.807) is 19.1 Å². The van der Waals surface area contributed by atoms with E-state index < -0.39 is 17.4 Å². The van der Waals surface area contributed by atoms with Gasteiger partial charge in [-0.2, -0.15) is 0 Å². The molecule has 0 saturated heterocycles. The third kappa shape index (κ3) is 2.66. The van der Waals surface area contributed by atoms with Crippen LogP contribution in [0.3, 0.4) is 0 Å². The number of benzene rings is 1. The van der Waals surface area contributed by atoms with Crippen molar-refractivity contribution in [2.75, 3.05) is 28.4 Å². The van der Waals surface area contributed by atoms with Gasteiger partial charge in [0.25, 0.3) is 0 Å². The summed E-state index contributed by atoms with van der Waals surface area (Å²) < 4.78 is 20.1. The van der Waals surface area contributed by atoms with Gasteiger partial charge in [-0.1, -0.05) is 0 Å². The third-order valence-electron chi connectivity index (χ3n) is 3.50. The summed E-state index contributed by atoms with van der Waals surface area (Å²) in [4.78, 5) is 24.5. The maximum atomic E-state index is 12.2. The molecule has 0 unspecified atom stereocenters. The lowest BCUT2D eigenvalue weighted by atomic mass is 9.79. The van der Waals surface area contributed by atoms with Crippen LogP contribution < -0.4 is 9.47 Å². The number of rotatable bonds is 5. The number of esters is 2. The van der Waals surface area contributed by atoms with Gasteiger partial charge in [-0.05, 0) is 31.5 Å². The summed E-state index contributed by atoms with van der Waals surface area (Å²) in [6.45, 7) is 3.18. The molecular formula is C15H20O6. The first-order chi connectivity index (χ1) is 9.88. The zero-order valence-electron chi connectivity index (χ0n) is 13.1. The van der Waals surface area contributed by atoms with Gasteiger partial charge in [-0.25, -0.2) is 0 Å². The van der Waals surface area contributed by atoms with Gasteiger partial charge in [0.15, 0.2) is 5.41 Å². The lowest BCUT2D eigenvalue weighted by Crippen LogP contribution is -2.43. The van der Waals surface area contributed by atoms with Gasteiger partial charge in [0.05, 0.1) is 28.4 Å². The van der Waals surface area contributed by atoms with Crippen molar-refractivity contribution in [1.29, 1.82) is 0 Å². The Kier molecular flexibility index (Phi) is 5.18. The average molecular weight is 296 g/mol. The van der Waals surface area contributed by atoms with Crippen LogP contribution in [-0.2, 0) is 24.5 Å². The van der Waals surface area contributed by atoms with Crippen LogP contribution in [0.4, 0.5) is 0 Å². The Morgan fingerprint density at radius 3 is 1.71 bits per heavy atom. The topological polar surface area (TPSA) is 71.1 Å². The summed E-state index contributed by atoms with van der Waals surface area (Å²) >= 11 is 0. The highest BCUT2D eigenvalue weighted by molar-refractivity contribution is 6.07. The number of hydrogen-bond acceptors (Lipinski definition) is 6. The van der Waals surface area contributed by atoms with Crippen LogP contribution in [0.15, 0.2) is 12.1 Å². The van der Waals surface area contributed by atoms with E-state index in [0.29, 0.717) is 22.6 Å². The van der Waals surface area contributed by atoms with E-state index in [4.69, 9.17) is 18.9 Å². The first-order valence-electron chi connectivity index (χ1n) is 6.27. The van der Waals surface area contributed by atoms with Crippen LogP contribution in [0.1, 0.15) is 18.1 Å². The van der Waals surface area contributed by atoms with Crippen molar-refractivity contribution in [2.24, 2.45) is 0 Å². The predicted molar refractivity (Wildman–Crippen MR) is 75.7 cm³/mol. The molecule has 0 fully saturated rings. The molecule has 6 heteroatoms. The summed E-state index contributed by atoms with van der Waals surface area (Å²) in [5.41, 5.74) is -0.675. The van der Waals surface area contributed by atoms with Gasteiger partial charge >= 0.3 is 11.9 Å². The fourth-order valence-corrected chi connectivity index (χ4v) is 2.38. The largest absolute Gasteiger partial charge is 0.496 e. The van der Waals surface area contributed by atoms with Gasteiger partial charge in [-0.3, -0.25) is 9.59 Å². The summed E-state index contributed by atoms with van der Waals surface area (Å²) in [5, 5.41) is 0. The van der Waals surface area contributed by atoms with E-state index in [2.05, 4.69) is 0 Å². The number of carbonyl (C=O) groups excluding carboxylic acids is 2. The Labute approximate surface area is 123 Å². The molecule has 0 amide bonds. The number of carbonyl (C=O) groups is 2. The van der Waals surface area contributed by atoms with E-state index in [0.717, 1.165) is 0 Å². The molecule has 116 valence electrons. The molecule has 6 nitrogen and oxygen atoms in total. The van der Waals surface area contributed by atoms with Gasteiger partial charge < -0.3 is 18.9 Å². The Bertz CT molecular complexity index is 533. The second-order valence-corrected chi connectivity index (χ2v) is 4.58. The van der Waals surface area contributed by atoms with Crippen LogP contribution in [0.5, 0.6) is 11.5 Å². The summed E-state index contributed by atoms with van der Waals surface area (Å²) in [6, 6.07) is 3.33. The molecule has 0 spiro atoms. The summed E-state index contributed by atoms with van der Waals surface area (Å²) in [6.07, 6.45) is 0. The summed E-state index contributed by atoms with van der Waals surface area (Å²) in [5.74, 6) is -0.551. The maximum Gasteiger partial charge on any atom is 0.327 e. The molecule has 0 saturated carbocycles. The molecule has 0 aliphatic carbocycles. The van der Waals surface area contributed by atoms with Gasteiger partial charge in [0, 0.05) is 5.56 Å². The molecule has 0 heterocycles. The van der Waals surface area contributed by atoms with E-state index in [1.807, 2.05) is 0 Å². The first kappa shape index (κ1) is 16.8. The van der Waals surface area contributed by atoms with E-state index >= 15 is 0 Å². The number of hydrogen-bond donors (Lipinski definition) is 0. The monoisotopic (exact) mass is 296 g/mol. The van der Waals surface area contributed by atoms with Crippen molar-refractivity contribution in [2.45, 2.75) is 19.3 Å². The Morgan fingerprint density at radius 2 is 1.33 bits per heavy atom. The molecule has 0 aliphatic heterocycles. The lowest BCUT2D eigenvalue weighted by Gasteiger charge is -2.28. The van der Waals surface area contributed by atoms with E-state index in [-0.39, 0.29) is 0 Å². The quantitative estimate of drug-likeness (QED) is 0.607. The zero-order chi connectivity index (χ0) is 16.2. The van der Waals surface area contributed by atoms with Crippen LogP contribution in [0.2, 0.25) is 0 Å². The first-order valence-corrected chi connectivity index (χ1v) is 6.27. The number of methoxy groups -OCH3 is 4. The van der Waals surface area contributed by atoms with Crippen molar-refractivity contribution in [3.05, 3.63) is 23.3 Å². The SMILES string of the molecule is COC(=O)C(C)(C(=O)OC)c1c(OC)ccc(OC)c1C. The molecule has 0 bridgehead atoms. The Balaban J connectivity index is 3.72. The third-order valence-corrected chi connectivity index (χ3v) is 3.50. The predicted octanol–water partition coefficient (Wildman–Crippen LogP) is 1.62. The Morgan fingerprint density at radius 1 is 0.905 bits per heavy atom. The smallest absolute Gasteiger partial charge is 0.327 e. The zero-order valence-corrected chi connectivity index (χ0v) is 13.1.